The summed E-state index contributed by atoms with van der Waals surface area (Å²) >= 11 is 0. The summed E-state index contributed by atoms with van der Waals surface area (Å²) in [4.78, 5) is 24.0. The lowest BCUT2D eigenvalue weighted by Gasteiger charge is -2.27. The van der Waals surface area contributed by atoms with Crippen molar-refractivity contribution >= 4 is 11.6 Å². The monoisotopic (exact) mass is 218 g/mol. The molecule has 16 heavy (non-hydrogen) atoms. The smallest absolute Gasteiger partial charge is 0.224 e. The van der Waals surface area contributed by atoms with Crippen molar-refractivity contribution in [3.05, 3.63) is 35.1 Å². The van der Waals surface area contributed by atoms with Gasteiger partial charge in [0.2, 0.25) is 5.78 Å². The highest BCUT2D eigenvalue weighted by atomic mass is 16.5. The normalized spacial score (nSPS) is 29.1. The maximum atomic E-state index is 12.1. The van der Waals surface area contributed by atoms with Gasteiger partial charge in [0.15, 0.2) is 11.5 Å². The molecule has 2 aliphatic rings. The van der Waals surface area contributed by atoms with Crippen molar-refractivity contribution in [1.82, 2.24) is 0 Å². The molecule has 2 rings (SSSR count). The number of hydrogen-bond acceptors (Lipinski definition) is 3. The molecule has 0 radical (unpaired) electrons. The molecule has 3 nitrogen and oxygen atoms in total. The maximum absolute atomic E-state index is 12.1. The van der Waals surface area contributed by atoms with Crippen LogP contribution in [0.2, 0.25) is 0 Å². The molecule has 0 aromatic heterocycles. The summed E-state index contributed by atoms with van der Waals surface area (Å²) in [5.74, 6) is -0.104. The molecule has 0 fully saturated rings. The molecule has 0 saturated heterocycles. The van der Waals surface area contributed by atoms with Crippen LogP contribution in [0.3, 0.4) is 0 Å². The van der Waals surface area contributed by atoms with Crippen LogP contribution in [-0.2, 0) is 14.3 Å². The van der Waals surface area contributed by atoms with Gasteiger partial charge in [0.1, 0.15) is 0 Å². The standard InChI is InChI=1S/C13H14O3/c1-7-4-5-8(2)12-11(7)9(14)6-10(16-3)13(12)15/h4-8H,1-3H3/t7-,8-/m1/s1. The van der Waals surface area contributed by atoms with Gasteiger partial charge < -0.3 is 4.74 Å². The van der Waals surface area contributed by atoms with E-state index in [9.17, 15) is 9.59 Å². The zero-order valence-electron chi connectivity index (χ0n) is 9.61. The van der Waals surface area contributed by atoms with Crippen LogP contribution in [0.25, 0.3) is 0 Å². The van der Waals surface area contributed by atoms with Gasteiger partial charge in [-0.2, -0.15) is 0 Å². The number of methoxy groups -OCH3 is 1. The molecule has 2 aliphatic carbocycles. The van der Waals surface area contributed by atoms with Crippen molar-refractivity contribution < 1.29 is 14.3 Å². The zero-order chi connectivity index (χ0) is 11.9. The van der Waals surface area contributed by atoms with Crippen LogP contribution in [0.1, 0.15) is 13.8 Å². The number of ether oxygens (including phenoxy) is 1. The van der Waals surface area contributed by atoms with Gasteiger partial charge in [-0.15, -0.1) is 0 Å². The molecule has 0 heterocycles. The lowest BCUT2D eigenvalue weighted by Crippen LogP contribution is -2.28. The van der Waals surface area contributed by atoms with E-state index in [-0.39, 0.29) is 29.2 Å². The summed E-state index contributed by atoms with van der Waals surface area (Å²) in [5, 5.41) is 0. The summed E-state index contributed by atoms with van der Waals surface area (Å²) in [6.45, 7) is 3.84. The Morgan fingerprint density at radius 2 is 1.62 bits per heavy atom. The number of hydrogen-bond donors (Lipinski definition) is 0. The van der Waals surface area contributed by atoms with Gasteiger partial charge in [-0.05, 0) is 0 Å². The minimum Gasteiger partial charge on any atom is -0.493 e. The third-order valence-electron chi connectivity index (χ3n) is 3.11. The number of carbonyl (C=O) groups excluding carboxylic acids is 2. The number of carbonyl (C=O) groups is 2. The van der Waals surface area contributed by atoms with Crippen LogP contribution in [0, 0.1) is 11.8 Å². The van der Waals surface area contributed by atoms with Crippen molar-refractivity contribution in [3.63, 3.8) is 0 Å². The van der Waals surface area contributed by atoms with Crippen molar-refractivity contribution in [2.45, 2.75) is 13.8 Å². The number of Topliss-reactive ketones (excluding diaryl/α,β-unsaturated/α-hetero) is 1. The number of rotatable bonds is 1. The fourth-order valence-electron chi connectivity index (χ4n) is 2.25. The van der Waals surface area contributed by atoms with Crippen molar-refractivity contribution in [1.29, 1.82) is 0 Å². The topological polar surface area (TPSA) is 43.4 Å². The predicted molar refractivity (Wildman–Crippen MR) is 59.6 cm³/mol. The van der Waals surface area contributed by atoms with E-state index in [1.807, 2.05) is 26.0 Å². The first-order valence-corrected chi connectivity index (χ1v) is 5.33. The first-order valence-electron chi connectivity index (χ1n) is 5.33. The summed E-state index contributed by atoms with van der Waals surface area (Å²) in [6.07, 6.45) is 5.23. The molecule has 2 atom stereocenters. The van der Waals surface area contributed by atoms with Gasteiger partial charge in [-0.1, -0.05) is 26.0 Å². The van der Waals surface area contributed by atoms with E-state index >= 15 is 0 Å². The van der Waals surface area contributed by atoms with E-state index in [1.54, 1.807) is 0 Å². The van der Waals surface area contributed by atoms with Crippen molar-refractivity contribution in [3.8, 4) is 0 Å². The van der Waals surface area contributed by atoms with Crippen molar-refractivity contribution in [2.75, 3.05) is 7.11 Å². The Bertz CT molecular complexity index is 452. The molecule has 84 valence electrons. The molecule has 0 N–H and O–H groups in total. The summed E-state index contributed by atoms with van der Waals surface area (Å²) in [7, 11) is 1.41. The molecule has 0 spiro atoms. The van der Waals surface area contributed by atoms with E-state index in [1.165, 1.54) is 13.2 Å². The van der Waals surface area contributed by atoms with E-state index in [0.29, 0.717) is 11.1 Å². The highest BCUT2D eigenvalue weighted by molar-refractivity contribution is 6.22. The quantitative estimate of drug-likeness (QED) is 0.498. The van der Waals surface area contributed by atoms with Crippen molar-refractivity contribution in [2.24, 2.45) is 11.8 Å². The van der Waals surface area contributed by atoms with E-state index in [2.05, 4.69) is 0 Å². The van der Waals surface area contributed by atoms with Crippen LogP contribution in [0.4, 0.5) is 0 Å². The van der Waals surface area contributed by atoms with E-state index in [4.69, 9.17) is 4.74 Å². The molecule has 0 saturated carbocycles. The molecular formula is C13H14O3. The number of ketones is 2. The number of allylic oxidation sites excluding steroid dienone is 5. The molecule has 0 aliphatic heterocycles. The Labute approximate surface area is 94.5 Å². The Kier molecular flexibility index (Phi) is 2.54. The van der Waals surface area contributed by atoms with Gasteiger partial charge in [0.25, 0.3) is 0 Å². The molecule has 0 aromatic carbocycles. The first kappa shape index (κ1) is 10.9. The second kappa shape index (κ2) is 3.74. The minimum absolute atomic E-state index is 0.0114. The third-order valence-corrected chi connectivity index (χ3v) is 3.11. The minimum atomic E-state index is -0.152. The summed E-state index contributed by atoms with van der Waals surface area (Å²) in [5.41, 5.74) is 1.22. The molecular weight excluding hydrogens is 204 g/mol. The molecule has 0 unspecified atom stereocenters. The maximum Gasteiger partial charge on any atom is 0.224 e. The van der Waals surface area contributed by atoms with Gasteiger partial charge in [0, 0.05) is 29.1 Å². The largest absolute Gasteiger partial charge is 0.493 e. The van der Waals surface area contributed by atoms with Gasteiger partial charge in [0.05, 0.1) is 7.11 Å². The van der Waals surface area contributed by atoms with Gasteiger partial charge in [-0.3, -0.25) is 9.59 Å². The lowest BCUT2D eigenvalue weighted by atomic mass is 9.76. The average molecular weight is 218 g/mol. The van der Waals surface area contributed by atoms with Crippen LogP contribution in [0.15, 0.2) is 35.1 Å². The van der Waals surface area contributed by atoms with E-state index < -0.39 is 0 Å². The second-order valence-electron chi connectivity index (χ2n) is 4.20. The zero-order valence-corrected chi connectivity index (χ0v) is 9.61. The molecule has 0 bridgehead atoms. The van der Waals surface area contributed by atoms with Crippen LogP contribution >= 0.6 is 0 Å². The highest BCUT2D eigenvalue weighted by Gasteiger charge is 2.35. The highest BCUT2D eigenvalue weighted by Crippen LogP contribution is 2.34. The molecule has 0 amide bonds. The van der Waals surface area contributed by atoms with Crippen LogP contribution < -0.4 is 0 Å². The Morgan fingerprint density at radius 3 is 2.19 bits per heavy atom. The second-order valence-corrected chi connectivity index (χ2v) is 4.20. The summed E-state index contributed by atoms with van der Waals surface area (Å²) < 4.78 is 4.94. The molecule has 3 heteroatoms. The van der Waals surface area contributed by atoms with Crippen LogP contribution in [0.5, 0.6) is 0 Å². The average Bonchev–Trinajstić information content (AvgIpc) is 2.26. The first-order chi connectivity index (χ1) is 7.56. The summed E-state index contributed by atoms with van der Waals surface area (Å²) in [6, 6.07) is 0. The third kappa shape index (κ3) is 1.43. The van der Waals surface area contributed by atoms with E-state index in [0.717, 1.165) is 0 Å². The predicted octanol–water partition coefficient (Wildman–Crippen LogP) is 1.81. The fourth-order valence-corrected chi connectivity index (χ4v) is 2.25. The fraction of sp³-hybridized carbons (Fsp3) is 0.385. The van der Waals surface area contributed by atoms with Crippen LogP contribution in [-0.4, -0.2) is 18.7 Å². The van der Waals surface area contributed by atoms with Gasteiger partial charge in [-0.25, -0.2) is 0 Å². The molecule has 0 aromatic rings. The SMILES string of the molecule is COC1=CC(=O)C2=C(C1=O)[C@H](C)C=C[C@H]2C. The Balaban J connectivity index is 2.53. The van der Waals surface area contributed by atoms with Gasteiger partial charge >= 0.3 is 0 Å². The Morgan fingerprint density at radius 1 is 1.06 bits per heavy atom. The Hall–Kier alpha value is -1.64. The lowest BCUT2D eigenvalue weighted by molar-refractivity contribution is -0.118.